The van der Waals surface area contributed by atoms with Crippen LogP contribution in [0, 0.1) is 0 Å². The maximum atomic E-state index is 11.1. The van der Waals surface area contributed by atoms with E-state index in [4.69, 9.17) is 0 Å². The van der Waals surface area contributed by atoms with Crippen molar-refractivity contribution >= 4 is 21.7 Å². The van der Waals surface area contributed by atoms with E-state index in [0.717, 1.165) is 10.2 Å². The number of carbonyl (C=O) groups is 1. The number of nitrogens with zero attached hydrogens (tertiary/aromatic N) is 1. The lowest BCUT2D eigenvalue weighted by molar-refractivity contribution is -0.125. The first-order chi connectivity index (χ1) is 7.57. The van der Waals surface area contributed by atoms with E-state index >= 15 is 0 Å². The number of pyridine rings is 1. The standard InChI is InChI=1S/C12H14BrNO2/c13-9-1-2-10(14-8-9)7-12(16)5-3-11(15)4-6-12/h1-2,8,16H,3-7H2. The van der Waals surface area contributed by atoms with E-state index < -0.39 is 5.60 Å². The zero-order valence-electron chi connectivity index (χ0n) is 8.95. The first-order valence-corrected chi connectivity index (χ1v) is 6.21. The molecule has 1 aromatic heterocycles. The summed E-state index contributed by atoms with van der Waals surface area (Å²) in [7, 11) is 0. The van der Waals surface area contributed by atoms with Crippen molar-refractivity contribution in [3.63, 3.8) is 0 Å². The molecule has 0 radical (unpaired) electrons. The summed E-state index contributed by atoms with van der Waals surface area (Å²) in [6.07, 6.45) is 4.37. The molecular formula is C12H14BrNO2. The highest BCUT2D eigenvalue weighted by Gasteiger charge is 2.32. The van der Waals surface area contributed by atoms with E-state index in [1.54, 1.807) is 6.20 Å². The summed E-state index contributed by atoms with van der Waals surface area (Å²) in [6.45, 7) is 0. The summed E-state index contributed by atoms with van der Waals surface area (Å²) in [5.74, 6) is 0.258. The average molecular weight is 284 g/mol. The van der Waals surface area contributed by atoms with Gasteiger partial charge in [-0.05, 0) is 40.9 Å². The fourth-order valence-corrected chi connectivity index (χ4v) is 2.25. The van der Waals surface area contributed by atoms with E-state index in [1.807, 2.05) is 12.1 Å². The van der Waals surface area contributed by atoms with Gasteiger partial charge in [0.1, 0.15) is 5.78 Å². The molecule has 0 bridgehead atoms. The lowest BCUT2D eigenvalue weighted by Gasteiger charge is -2.31. The second-order valence-electron chi connectivity index (χ2n) is 4.41. The molecule has 0 atom stereocenters. The molecule has 0 aromatic carbocycles. The molecule has 1 fully saturated rings. The first-order valence-electron chi connectivity index (χ1n) is 5.42. The minimum absolute atomic E-state index is 0.258. The number of hydrogen-bond donors (Lipinski definition) is 1. The Labute approximate surface area is 103 Å². The normalized spacial score (nSPS) is 19.8. The molecule has 1 aliphatic rings. The third-order valence-electron chi connectivity index (χ3n) is 3.04. The molecule has 16 heavy (non-hydrogen) atoms. The maximum absolute atomic E-state index is 11.1. The van der Waals surface area contributed by atoms with Gasteiger partial charge in [0.2, 0.25) is 0 Å². The summed E-state index contributed by atoms with van der Waals surface area (Å²) in [4.78, 5) is 15.4. The molecule has 1 N–H and O–H groups in total. The van der Waals surface area contributed by atoms with Gasteiger partial charge in [-0.25, -0.2) is 0 Å². The van der Waals surface area contributed by atoms with Crippen LogP contribution in [0.2, 0.25) is 0 Å². The van der Waals surface area contributed by atoms with Gasteiger partial charge in [0.05, 0.1) is 5.60 Å². The van der Waals surface area contributed by atoms with Crippen molar-refractivity contribution in [1.82, 2.24) is 4.98 Å². The Kier molecular flexibility index (Phi) is 3.40. The van der Waals surface area contributed by atoms with Crippen molar-refractivity contribution in [3.05, 3.63) is 28.5 Å². The number of hydrogen-bond acceptors (Lipinski definition) is 3. The quantitative estimate of drug-likeness (QED) is 0.906. The van der Waals surface area contributed by atoms with Gasteiger partial charge in [0.25, 0.3) is 0 Å². The smallest absolute Gasteiger partial charge is 0.133 e. The van der Waals surface area contributed by atoms with Crippen LogP contribution in [0.1, 0.15) is 31.4 Å². The number of aromatic nitrogens is 1. The lowest BCUT2D eigenvalue weighted by atomic mass is 9.81. The van der Waals surface area contributed by atoms with Crippen LogP contribution in [0.15, 0.2) is 22.8 Å². The molecule has 0 aliphatic heterocycles. The Morgan fingerprint density at radius 3 is 2.62 bits per heavy atom. The Morgan fingerprint density at radius 1 is 1.38 bits per heavy atom. The lowest BCUT2D eigenvalue weighted by Crippen LogP contribution is -2.36. The molecule has 2 rings (SSSR count). The summed E-state index contributed by atoms with van der Waals surface area (Å²) in [5.41, 5.74) is 0.134. The van der Waals surface area contributed by atoms with Gasteiger partial charge < -0.3 is 5.11 Å². The van der Waals surface area contributed by atoms with E-state index in [0.29, 0.717) is 32.1 Å². The van der Waals surface area contributed by atoms with Crippen LogP contribution in [0.4, 0.5) is 0 Å². The molecule has 1 aromatic rings. The largest absolute Gasteiger partial charge is 0.389 e. The number of rotatable bonds is 2. The van der Waals surface area contributed by atoms with Gasteiger partial charge >= 0.3 is 0 Å². The second-order valence-corrected chi connectivity index (χ2v) is 5.32. The predicted octanol–water partition coefficient (Wildman–Crippen LogP) is 2.26. The molecular weight excluding hydrogens is 270 g/mol. The van der Waals surface area contributed by atoms with Crippen molar-refractivity contribution in [2.24, 2.45) is 0 Å². The zero-order chi connectivity index (χ0) is 11.6. The Morgan fingerprint density at radius 2 is 2.06 bits per heavy atom. The van der Waals surface area contributed by atoms with E-state index in [2.05, 4.69) is 20.9 Å². The molecule has 86 valence electrons. The van der Waals surface area contributed by atoms with Gasteiger partial charge in [-0.2, -0.15) is 0 Å². The molecule has 0 unspecified atom stereocenters. The van der Waals surface area contributed by atoms with Crippen molar-refractivity contribution < 1.29 is 9.90 Å². The molecule has 1 saturated carbocycles. The van der Waals surface area contributed by atoms with Gasteiger partial charge in [-0.3, -0.25) is 9.78 Å². The van der Waals surface area contributed by atoms with E-state index in [1.165, 1.54) is 0 Å². The van der Waals surface area contributed by atoms with Crippen molar-refractivity contribution in [1.29, 1.82) is 0 Å². The summed E-state index contributed by atoms with van der Waals surface area (Å²) in [6, 6.07) is 3.82. The van der Waals surface area contributed by atoms with Crippen LogP contribution >= 0.6 is 15.9 Å². The zero-order valence-corrected chi connectivity index (χ0v) is 10.5. The molecule has 1 aliphatic carbocycles. The van der Waals surface area contributed by atoms with Crippen LogP contribution in [-0.2, 0) is 11.2 Å². The van der Waals surface area contributed by atoms with Crippen molar-refractivity contribution in [2.45, 2.75) is 37.7 Å². The summed E-state index contributed by atoms with van der Waals surface area (Å²) < 4.78 is 0.932. The maximum Gasteiger partial charge on any atom is 0.133 e. The SMILES string of the molecule is O=C1CCC(O)(Cc2ccc(Br)cn2)CC1. The third-order valence-corrected chi connectivity index (χ3v) is 3.51. The molecule has 0 saturated heterocycles. The van der Waals surface area contributed by atoms with Crippen LogP contribution in [0.3, 0.4) is 0 Å². The summed E-state index contributed by atoms with van der Waals surface area (Å²) in [5, 5.41) is 10.3. The minimum Gasteiger partial charge on any atom is -0.389 e. The fourth-order valence-electron chi connectivity index (χ4n) is 2.02. The highest BCUT2D eigenvalue weighted by atomic mass is 79.9. The molecule has 4 heteroatoms. The average Bonchev–Trinajstić information content (AvgIpc) is 2.27. The second kappa shape index (κ2) is 4.63. The minimum atomic E-state index is -0.741. The number of carbonyl (C=O) groups excluding carboxylic acids is 1. The summed E-state index contributed by atoms with van der Waals surface area (Å²) >= 11 is 3.32. The van der Waals surface area contributed by atoms with Crippen LogP contribution < -0.4 is 0 Å². The van der Waals surface area contributed by atoms with Crippen molar-refractivity contribution in [3.8, 4) is 0 Å². The van der Waals surface area contributed by atoms with E-state index in [9.17, 15) is 9.90 Å². The Hall–Kier alpha value is -0.740. The van der Waals surface area contributed by atoms with E-state index in [-0.39, 0.29) is 5.78 Å². The third kappa shape index (κ3) is 2.89. The molecule has 0 spiro atoms. The first kappa shape index (κ1) is 11.7. The monoisotopic (exact) mass is 283 g/mol. The van der Waals surface area contributed by atoms with Crippen LogP contribution in [-0.4, -0.2) is 21.5 Å². The van der Waals surface area contributed by atoms with Gasteiger partial charge in [0, 0.05) is 35.6 Å². The van der Waals surface area contributed by atoms with Crippen LogP contribution in [0.25, 0.3) is 0 Å². The molecule has 0 amide bonds. The number of halogens is 1. The number of Topliss-reactive ketones (excluding diaryl/α,β-unsaturated/α-hetero) is 1. The Bertz CT molecular complexity index is 379. The highest BCUT2D eigenvalue weighted by molar-refractivity contribution is 9.10. The number of ketones is 1. The fraction of sp³-hybridized carbons (Fsp3) is 0.500. The highest BCUT2D eigenvalue weighted by Crippen LogP contribution is 2.29. The van der Waals surface area contributed by atoms with Gasteiger partial charge in [0.15, 0.2) is 0 Å². The van der Waals surface area contributed by atoms with Gasteiger partial charge in [-0.1, -0.05) is 0 Å². The van der Waals surface area contributed by atoms with Gasteiger partial charge in [-0.15, -0.1) is 0 Å². The van der Waals surface area contributed by atoms with Crippen LogP contribution in [0.5, 0.6) is 0 Å². The predicted molar refractivity (Wildman–Crippen MR) is 64.1 cm³/mol. The molecule has 1 heterocycles. The topological polar surface area (TPSA) is 50.2 Å². The number of aliphatic hydroxyl groups is 1. The van der Waals surface area contributed by atoms with Crippen molar-refractivity contribution in [2.75, 3.05) is 0 Å². The molecule has 3 nitrogen and oxygen atoms in total. The Balaban J connectivity index is 2.03.